The van der Waals surface area contributed by atoms with Crippen LogP contribution in [0, 0.1) is 12.3 Å². The second-order valence-corrected chi connectivity index (χ2v) is 4.61. The summed E-state index contributed by atoms with van der Waals surface area (Å²) in [5.74, 6) is 2.68. The van der Waals surface area contributed by atoms with E-state index in [1.807, 2.05) is 12.1 Å². The highest BCUT2D eigenvalue weighted by Crippen LogP contribution is 2.27. The number of terminal acetylenes is 1. The van der Waals surface area contributed by atoms with Crippen molar-refractivity contribution in [1.29, 1.82) is 0 Å². The molecule has 0 aliphatic carbocycles. The van der Waals surface area contributed by atoms with Gasteiger partial charge in [0.05, 0.1) is 11.0 Å². The van der Waals surface area contributed by atoms with Gasteiger partial charge in [-0.25, -0.2) is 0 Å². The zero-order valence-electron chi connectivity index (χ0n) is 8.30. The molecule has 0 unspecified atom stereocenters. The number of rotatable bonds is 4. The molecule has 0 aliphatic rings. The highest BCUT2D eigenvalue weighted by atomic mass is 79.9. The molecule has 0 spiro atoms. The standard InChI is InChI=1S/C11H9Br2NO2/c1-2-5-14-11(15)7-16-10-4-3-8(12)6-9(10)13/h1,3-4,6H,5,7H2,(H,14,15). The molecule has 1 amide bonds. The Morgan fingerprint density at radius 1 is 1.50 bits per heavy atom. The molecular weight excluding hydrogens is 338 g/mol. The van der Waals surface area contributed by atoms with E-state index < -0.39 is 0 Å². The highest BCUT2D eigenvalue weighted by molar-refractivity contribution is 9.11. The molecule has 0 saturated carbocycles. The number of ether oxygens (including phenoxy) is 1. The van der Waals surface area contributed by atoms with Crippen molar-refractivity contribution in [2.75, 3.05) is 13.2 Å². The van der Waals surface area contributed by atoms with E-state index in [0.29, 0.717) is 5.75 Å². The molecule has 1 aromatic rings. The van der Waals surface area contributed by atoms with E-state index in [4.69, 9.17) is 11.2 Å². The van der Waals surface area contributed by atoms with Gasteiger partial charge >= 0.3 is 0 Å². The molecule has 1 N–H and O–H groups in total. The van der Waals surface area contributed by atoms with Crippen molar-refractivity contribution in [2.45, 2.75) is 0 Å². The lowest BCUT2D eigenvalue weighted by molar-refractivity contribution is -0.122. The van der Waals surface area contributed by atoms with E-state index in [0.717, 1.165) is 8.95 Å². The quantitative estimate of drug-likeness (QED) is 0.850. The van der Waals surface area contributed by atoms with Gasteiger partial charge in [0.2, 0.25) is 0 Å². The first-order chi connectivity index (χ1) is 7.63. The zero-order chi connectivity index (χ0) is 12.0. The van der Waals surface area contributed by atoms with E-state index in [1.54, 1.807) is 6.07 Å². The number of carbonyl (C=O) groups excluding carboxylic acids is 1. The molecule has 84 valence electrons. The summed E-state index contributed by atoms with van der Waals surface area (Å²) in [6.45, 7) is 0.158. The fraction of sp³-hybridized carbons (Fsp3) is 0.182. The van der Waals surface area contributed by atoms with Crippen LogP contribution in [0.25, 0.3) is 0 Å². The van der Waals surface area contributed by atoms with Gasteiger partial charge in [-0.3, -0.25) is 4.79 Å². The average Bonchev–Trinajstić information content (AvgIpc) is 2.25. The maximum absolute atomic E-state index is 11.2. The molecule has 0 heterocycles. The first kappa shape index (κ1) is 13.1. The molecule has 1 rings (SSSR count). The minimum absolute atomic E-state index is 0.0537. The molecular formula is C11H9Br2NO2. The molecule has 0 radical (unpaired) electrons. The van der Waals surface area contributed by atoms with Crippen LogP contribution in [-0.4, -0.2) is 19.1 Å². The Kier molecular flexibility index (Phi) is 5.36. The molecule has 16 heavy (non-hydrogen) atoms. The van der Waals surface area contributed by atoms with E-state index in [1.165, 1.54) is 0 Å². The highest BCUT2D eigenvalue weighted by Gasteiger charge is 2.04. The van der Waals surface area contributed by atoms with Crippen LogP contribution >= 0.6 is 31.9 Å². The van der Waals surface area contributed by atoms with Gasteiger partial charge in [0, 0.05) is 4.47 Å². The lowest BCUT2D eigenvalue weighted by Gasteiger charge is -2.07. The fourth-order valence-electron chi connectivity index (χ4n) is 0.936. The minimum atomic E-state index is -0.243. The summed E-state index contributed by atoms with van der Waals surface area (Å²) in [5, 5.41) is 2.51. The maximum atomic E-state index is 11.2. The van der Waals surface area contributed by atoms with Crippen LogP contribution in [0.5, 0.6) is 5.75 Å². The van der Waals surface area contributed by atoms with Crippen LogP contribution in [-0.2, 0) is 4.79 Å². The third-order valence-corrected chi connectivity index (χ3v) is 2.75. The summed E-state index contributed by atoms with van der Waals surface area (Å²) >= 11 is 6.65. The van der Waals surface area contributed by atoms with Crippen molar-refractivity contribution in [2.24, 2.45) is 0 Å². The predicted molar refractivity (Wildman–Crippen MR) is 69.2 cm³/mol. The lowest BCUT2D eigenvalue weighted by Crippen LogP contribution is -2.29. The Hall–Kier alpha value is -0.990. The molecule has 0 bridgehead atoms. The first-order valence-corrected chi connectivity index (χ1v) is 6.00. The smallest absolute Gasteiger partial charge is 0.258 e. The van der Waals surface area contributed by atoms with Crippen LogP contribution in [0.1, 0.15) is 0 Å². The zero-order valence-corrected chi connectivity index (χ0v) is 11.5. The molecule has 0 aromatic heterocycles. The Bertz CT molecular complexity index is 426. The fourth-order valence-corrected chi connectivity index (χ4v) is 2.10. The van der Waals surface area contributed by atoms with Gasteiger partial charge in [-0.2, -0.15) is 0 Å². The van der Waals surface area contributed by atoms with Crippen molar-refractivity contribution >= 4 is 37.8 Å². The van der Waals surface area contributed by atoms with Gasteiger partial charge in [-0.15, -0.1) is 6.42 Å². The van der Waals surface area contributed by atoms with E-state index >= 15 is 0 Å². The van der Waals surface area contributed by atoms with E-state index in [2.05, 4.69) is 43.1 Å². The molecule has 0 atom stereocenters. The van der Waals surface area contributed by atoms with Crippen molar-refractivity contribution in [3.8, 4) is 18.1 Å². The number of nitrogens with one attached hydrogen (secondary N) is 1. The lowest BCUT2D eigenvalue weighted by atomic mass is 10.3. The number of amides is 1. The van der Waals surface area contributed by atoms with Gasteiger partial charge in [-0.1, -0.05) is 21.9 Å². The van der Waals surface area contributed by atoms with Crippen molar-refractivity contribution in [3.05, 3.63) is 27.1 Å². The van der Waals surface area contributed by atoms with Crippen molar-refractivity contribution in [3.63, 3.8) is 0 Å². The number of hydrogen-bond donors (Lipinski definition) is 1. The van der Waals surface area contributed by atoms with Gasteiger partial charge in [0.15, 0.2) is 6.61 Å². The Labute approximate surface area is 111 Å². The van der Waals surface area contributed by atoms with Crippen LogP contribution < -0.4 is 10.1 Å². The summed E-state index contributed by atoms with van der Waals surface area (Å²) in [4.78, 5) is 11.2. The van der Waals surface area contributed by atoms with Crippen molar-refractivity contribution in [1.82, 2.24) is 5.32 Å². The second-order valence-electron chi connectivity index (χ2n) is 2.84. The topological polar surface area (TPSA) is 38.3 Å². The minimum Gasteiger partial charge on any atom is -0.483 e. The number of hydrogen-bond acceptors (Lipinski definition) is 2. The molecule has 1 aromatic carbocycles. The second kappa shape index (κ2) is 6.56. The Morgan fingerprint density at radius 3 is 2.88 bits per heavy atom. The average molecular weight is 347 g/mol. The van der Waals surface area contributed by atoms with Crippen LogP contribution in [0.15, 0.2) is 27.1 Å². The van der Waals surface area contributed by atoms with Gasteiger partial charge in [0.1, 0.15) is 5.75 Å². The SMILES string of the molecule is C#CCNC(=O)COc1ccc(Br)cc1Br. The largest absolute Gasteiger partial charge is 0.483 e. The summed E-state index contributed by atoms with van der Waals surface area (Å²) in [6.07, 6.45) is 5.01. The summed E-state index contributed by atoms with van der Waals surface area (Å²) in [7, 11) is 0. The van der Waals surface area contributed by atoms with Crippen LogP contribution in [0.4, 0.5) is 0 Å². The third-order valence-electron chi connectivity index (χ3n) is 1.64. The number of halogens is 2. The third kappa shape index (κ3) is 4.25. The predicted octanol–water partition coefficient (Wildman–Crippen LogP) is 2.34. The molecule has 0 fully saturated rings. The maximum Gasteiger partial charge on any atom is 0.258 e. The van der Waals surface area contributed by atoms with Gasteiger partial charge < -0.3 is 10.1 Å². The Balaban J connectivity index is 2.49. The monoisotopic (exact) mass is 345 g/mol. The molecule has 3 nitrogen and oxygen atoms in total. The van der Waals surface area contributed by atoms with Crippen LogP contribution in [0.2, 0.25) is 0 Å². The van der Waals surface area contributed by atoms with Crippen LogP contribution in [0.3, 0.4) is 0 Å². The molecule has 5 heteroatoms. The Morgan fingerprint density at radius 2 is 2.25 bits per heavy atom. The van der Waals surface area contributed by atoms with E-state index in [-0.39, 0.29) is 19.1 Å². The number of carbonyl (C=O) groups is 1. The van der Waals surface area contributed by atoms with Gasteiger partial charge in [-0.05, 0) is 34.1 Å². The summed E-state index contributed by atoms with van der Waals surface area (Å²) in [6, 6.07) is 5.44. The van der Waals surface area contributed by atoms with E-state index in [9.17, 15) is 4.79 Å². The number of benzene rings is 1. The van der Waals surface area contributed by atoms with Gasteiger partial charge in [0.25, 0.3) is 5.91 Å². The van der Waals surface area contributed by atoms with Crippen molar-refractivity contribution < 1.29 is 9.53 Å². The summed E-state index contributed by atoms with van der Waals surface area (Å²) in [5.41, 5.74) is 0. The first-order valence-electron chi connectivity index (χ1n) is 4.41. The normalized spacial score (nSPS) is 9.31. The molecule has 0 saturated heterocycles. The summed E-state index contributed by atoms with van der Waals surface area (Å²) < 4.78 is 7.02. The molecule has 0 aliphatic heterocycles.